The van der Waals surface area contributed by atoms with Crippen LogP contribution in [0, 0.1) is 5.92 Å². The van der Waals surface area contributed by atoms with Gasteiger partial charge in [-0.25, -0.2) is 0 Å². The Morgan fingerprint density at radius 1 is 1.45 bits per heavy atom. The molecule has 0 bridgehead atoms. The predicted octanol–water partition coefficient (Wildman–Crippen LogP) is 2.69. The van der Waals surface area contributed by atoms with E-state index in [4.69, 9.17) is 11.6 Å². The van der Waals surface area contributed by atoms with E-state index >= 15 is 0 Å². The molecule has 0 heterocycles. The first-order valence-corrected chi connectivity index (χ1v) is 3.71. The van der Waals surface area contributed by atoms with E-state index in [1.807, 2.05) is 0 Å². The summed E-state index contributed by atoms with van der Waals surface area (Å²) in [5, 5.41) is -0.340. The van der Waals surface area contributed by atoms with Crippen molar-refractivity contribution < 1.29 is 4.79 Å². The number of carbonyl (C=O) groups excluding carboxylic acids is 1. The molecule has 0 aliphatic rings. The lowest BCUT2D eigenvalue weighted by atomic mass is 10.2. The Kier molecular flexibility index (Phi) is 5.49. The highest BCUT2D eigenvalue weighted by Gasteiger charge is 2.02. The van der Waals surface area contributed by atoms with E-state index in [1.54, 1.807) is 37.3 Å². The van der Waals surface area contributed by atoms with Crippen LogP contribution >= 0.6 is 11.6 Å². The molecule has 11 heavy (non-hydrogen) atoms. The zero-order chi connectivity index (χ0) is 8.69. The van der Waals surface area contributed by atoms with Crippen LogP contribution in [0.3, 0.4) is 0 Å². The Balaban J connectivity index is 3.82. The molecule has 2 heteroatoms. The average molecular weight is 171 g/mol. The van der Waals surface area contributed by atoms with Crippen LogP contribution in [0.2, 0.25) is 0 Å². The van der Waals surface area contributed by atoms with Crippen molar-refractivity contribution in [2.45, 2.75) is 6.92 Å². The smallest absolute Gasteiger partial charge is 0.228 e. The number of halogens is 1. The maximum absolute atomic E-state index is 10.5. The lowest BCUT2D eigenvalue weighted by Gasteiger charge is -1.93. The van der Waals surface area contributed by atoms with Crippen LogP contribution in [0.1, 0.15) is 6.92 Å². The summed E-state index contributed by atoms with van der Waals surface area (Å²) in [6.07, 6.45) is 8.74. The van der Waals surface area contributed by atoms with Crippen molar-refractivity contribution in [3.05, 3.63) is 37.0 Å². The van der Waals surface area contributed by atoms with Crippen molar-refractivity contribution in [2.75, 3.05) is 0 Å². The minimum atomic E-state index is -0.340. The van der Waals surface area contributed by atoms with Gasteiger partial charge in [0.1, 0.15) is 0 Å². The van der Waals surface area contributed by atoms with Crippen LogP contribution in [-0.4, -0.2) is 5.24 Å². The lowest BCUT2D eigenvalue weighted by molar-refractivity contribution is -0.113. The first-order chi connectivity index (χ1) is 5.18. The summed E-state index contributed by atoms with van der Waals surface area (Å²) in [7, 11) is 0. The highest BCUT2D eigenvalue weighted by molar-refractivity contribution is 6.64. The minimum Gasteiger partial charge on any atom is -0.281 e. The van der Waals surface area contributed by atoms with Crippen LogP contribution in [0.25, 0.3) is 0 Å². The summed E-state index contributed by atoms with van der Waals surface area (Å²) in [6, 6.07) is 0. The van der Waals surface area contributed by atoms with Crippen molar-refractivity contribution in [3.8, 4) is 0 Å². The fourth-order valence-corrected chi connectivity index (χ4v) is 0.522. The fourth-order valence-electron chi connectivity index (χ4n) is 0.449. The molecule has 1 unspecified atom stereocenters. The highest BCUT2D eigenvalue weighted by Crippen LogP contribution is 2.01. The summed E-state index contributed by atoms with van der Waals surface area (Å²) in [5.74, 6) is -0.217. The van der Waals surface area contributed by atoms with Crippen LogP contribution in [0.4, 0.5) is 0 Å². The summed E-state index contributed by atoms with van der Waals surface area (Å²) < 4.78 is 0. The van der Waals surface area contributed by atoms with Gasteiger partial charge in [-0.2, -0.15) is 0 Å². The second-order valence-electron chi connectivity index (χ2n) is 2.10. The predicted molar refractivity (Wildman–Crippen MR) is 48.5 cm³/mol. The van der Waals surface area contributed by atoms with Crippen molar-refractivity contribution in [3.63, 3.8) is 0 Å². The first-order valence-electron chi connectivity index (χ1n) is 3.33. The first kappa shape index (κ1) is 10.2. The van der Waals surface area contributed by atoms with E-state index in [0.717, 1.165) is 0 Å². The molecule has 0 saturated heterocycles. The molecule has 0 radical (unpaired) electrons. The summed E-state index contributed by atoms with van der Waals surface area (Å²) in [4.78, 5) is 10.5. The molecule has 1 nitrogen and oxygen atoms in total. The van der Waals surface area contributed by atoms with Gasteiger partial charge in [-0.1, -0.05) is 43.9 Å². The van der Waals surface area contributed by atoms with Gasteiger partial charge in [0, 0.05) is 5.92 Å². The van der Waals surface area contributed by atoms with Gasteiger partial charge in [-0.05, 0) is 11.6 Å². The average Bonchev–Trinajstić information content (AvgIpc) is 1.97. The van der Waals surface area contributed by atoms with E-state index < -0.39 is 0 Å². The third-order valence-corrected chi connectivity index (χ3v) is 1.46. The monoisotopic (exact) mass is 170 g/mol. The zero-order valence-electron chi connectivity index (χ0n) is 6.46. The van der Waals surface area contributed by atoms with Crippen molar-refractivity contribution >= 4 is 16.8 Å². The normalized spacial score (nSPS) is 14.0. The molecule has 0 rings (SSSR count). The summed E-state index contributed by atoms with van der Waals surface area (Å²) >= 11 is 5.21. The molecular weight excluding hydrogens is 160 g/mol. The van der Waals surface area contributed by atoms with Crippen molar-refractivity contribution in [1.29, 1.82) is 0 Å². The molecule has 0 N–H and O–H groups in total. The quantitative estimate of drug-likeness (QED) is 0.469. The third kappa shape index (κ3) is 5.62. The molecule has 60 valence electrons. The molecule has 0 amide bonds. The maximum Gasteiger partial charge on any atom is 0.228 e. The molecular formula is C9H11ClO. The molecule has 0 fully saturated rings. The van der Waals surface area contributed by atoms with E-state index in [9.17, 15) is 4.79 Å². The van der Waals surface area contributed by atoms with Gasteiger partial charge in [-0.3, -0.25) is 4.79 Å². The molecule has 0 aromatic heterocycles. The van der Waals surface area contributed by atoms with Crippen LogP contribution in [0.15, 0.2) is 37.0 Å². The Bertz CT molecular complexity index is 192. The van der Waals surface area contributed by atoms with Crippen LogP contribution in [-0.2, 0) is 4.79 Å². The second kappa shape index (κ2) is 5.93. The van der Waals surface area contributed by atoms with Gasteiger partial charge in [0.15, 0.2) is 0 Å². The number of hydrogen-bond acceptors (Lipinski definition) is 1. The fraction of sp³-hybridized carbons (Fsp3) is 0.222. The number of carbonyl (C=O) groups is 1. The van der Waals surface area contributed by atoms with Gasteiger partial charge < -0.3 is 0 Å². The van der Waals surface area contributed by atoms with Crippen molar-refractivity contribution in [2.24, 2.45) is 5.92 Å². The number of allylic oxidation sites excluding steroid dienone is 5. The Morgan fingerprint density at radius 3 is 2.55 bits per heavy atom. The summed E-state index contributed by atoms with van der Waals surface area (Å²) in [5.41, 5.74) is 0. The van der Waals surface area contributed by atoms with Crippen LogP contribution < -0.4 is 0 Å². The van der Waals surface area contributed by atoms with Gasteiger partial charge in [0.25, 0.3) is 0 Å². The van der Waals surface area contributed by atoms with Gasteiger partial charge in [0.05, 0.1) is 0 Å². The van der Waals surface area contributed by atoms with Gasteiger partial charge >= 0.3 is 0 Å². The topological polar surface area (TPSA) is 17.1 Å². The molecule has 0 aliphatic carbocycles. The lowest BCUT2D eigenvalue weighted by Crippen LogP contribution is -1.98. The van der Waals surface area contributed by atoms with Crippen molar-refractivity contribution in [1.82, 2.24) is 0 Å². The van der Waals surface area contributed by atoms with E-state index in [2.05, 4.69) is 6.58 Å². The zero-order valence-corrected chi connectivity index (χ0v) is 7.21. The standard InChI is InChI=1S/C9H11ClO/c1-3-4-5-6-7-8(2)9(10)11/h3-8H,1H2,2H3/b5-4+,7-6+. The Hall–Kier alpha value is -0.820. The number of rotatable bonds is 4. The highest BCUT2D eigenvalue weighted by atomic mass is 35.5. The Morgan fingerprint density at radius 2 is 2.09 bits per heavy atom. The second-order valence-corrected chi connectivity index (χ2v) is 2.47. The van der Waals surface area contributed by atoms with Crippen LogP contribution in [0.5, 0.6) is 0 Å². The summed E-state index contributed by atoms with van der Waals surface area (Å²) in [6.45, 7) is 5.24. The molecule has 0 aromatic rings. The maximum atomic E-state index is 10.5. The van der Waals surface area contributed by atoms with E-state index in [0.29, 0.717) is 0 Å². The number of hydrogen-bond donors (Lipinski definition) is 0. The Labute approximate surface area is 72.1 Å². The molecule has 0 aromatic carbocycles. The molecule has 0 spiro atoms. The molecule has 1 atom stereocenters. The molecule has 0 saturated carbocycles. The largest absolute Gasteiger partial charge is 0.281 e. The third-order valence-electron chi connectivity index (χ3n) is 1.12. The van der Waals surface area contributed by atoms with Gasteiger partial charge in [-0.15, -0.1) is 0 Å². The minimum absolute atomic E-state index is 0.217. The SMILES string of the molecule is C=C/C=C/C=C/C(C)C(=O)Cl. The van der Waals surface area contributed by atoms with E-state index in [-0.39, 0.29) is 11.2 Å². The van der Waals surface area contributed by atoms with Gasteiger partial charge in [0.2, 0.25) is 5.24 Å². The van der Waals surface area contributed by atoms with E-state index in [1.165, 1.54) is 0 Å². The molecule has 0 aliphatic heterocycles.